The molecule has 250 valence electrons. The van der Waals surface area contributed by atoms with E-state index in [1.807, 2.05) is 54.7 Å². The van der Waals surface area contributed by atoms with E-state index in [9.17, 15) is 0 Å². The van der Waals surface area contributed by atoms with Gasteiger partial charge < -0.3 is 0 Å². The molecule has 2 aromatic rings. The molecule has 2 rings (SSSR count). The Kier molecular flexibility index (Phi) is 28.6. The molecule has 0 heterocycles. The average molecular weight is 646 g/mol. The van der Waals surface area contributed by atoms with Crippen molar-refractivity contribution in [1.82, 2.24) is 0 Å². The smallest absolute Gasteiger partial charge is 0.0633 e. The van der Waals surface area contributed by atoms with Gasteiger partial charge in [0.25, 0.3) is 0 Å². The van der Waals surface area contributed by atoms with Crippen molar-refractivity contribution in [2.45, 2.75) is 174 Å². The molecule has 0 spiro atoms. The van der Waals surface area contributed by atoms with Crippen molar-refractivity contribution in [3.05, 3.63) is 60.7 Å². The third kappa shape index (κ3) is 24.6. The molecule has 0 fully saturated rings. The minimum Gasteiger partial charge on any atom is -0.255 e. The molecule has 0 saturated heterocycles. The van der Waals surface area contributed by atoms with Crippen molar-refractivity contribution in [3.8, 4) is 0 Å². The van der Waals surface area contributed by atoms with Crippen LogP contribution >= 0.6 is 0 Å². The molecular weight excluding hydrogens is 579 g/mol. The number of unbranched alkanes of at least 4 members (excludes halogenated alkanes) is 24. The number of hydrogen-bond acceptors (Lipinski definition) is 2. The van der Waals surface area contributed by atoms with Crippen LogP contribution in [0, 0.1) is 0 Å². The second kappa shape index (κ2) is 31.3. The zero-order valence-electron chi connectivity index (χ0n) is 28.4. The van der Waals surface area contributed by atoms with Crippen LogP contribution in [0.15, 0.2) is 70.6 Å². The van der Waals surface area contributed by atoms with E-state index in [4.69, 9.17) is 4.99 Å². The van der Waals surface area contributed by atoms with E-state index in [0.717, 1.165) is 23.5 Å². The first-order valence-electron chi connectivity index (χ1n) is 18.6. The van der Waals surface area contributed by atoms with Gasteiger partial charge in [0.15, 0.2) is 0 Å². The Morgan fingerprint density at radius 1 is 0.432 bits per heavy atom. The van der Waals surface area contributed by atoms with Crippen LogP contribution in [-0.2, 0) is 16.5 Å². The maximum atomic E-state index is 4.87. The fourth-order valence-electron chi connectivity index (χ4n) is 5.93. The minimum absolute atomic E-state index is 0. The van der Waals surface area contributed by atoms with Gasteiger partial charge in [-0.05, 0) is 37.1 Å². The average Bonchev–Trinajstić information content (AvgIpc) is 3.04. The summed E-state index contributed by atoms with van der Waals surface area (Å²) >= 11 is 0. The first-order chi connectivity index (χ1) is 21.4. The molecule has 44 heavy (non-hydrogen) atoms. The molecule has 2 aromatic carbocycles. The first kappa shape index (κ1) is 40.3. The van der Waals surface area contributed by atoms with Crippen LogP contribution in [-0.4, -0.2) is 11.9 Å². The molecule has 0 N–H and O–H groups in total. The molecule has 0 atom stereocenters. The van der Waals surface area contributed by atoms with Gasteiger partial charge in [-0.15, -0.1) is 0 Å². The summed E-state index contributed by atoms with van der Waals surface area (Å²) in [5.41, 5.74) is 3.07. The zero-order valence-corrected chi connectivity index (χ0v) is 29.4. The largest absolute Gasteiger partial charge is 0.255 e. The Balaban J connectivity index is 0.00000968. The molecular formula is C41H66N2Ni. The minimum atomic E-state index is 0. The number of rotatable bonds is 29. The third-order valence-corrected chi connectivity index (χ3v) is 8.68. The topological polar surface area (TPSA) is 24.7 Å². The van der Waals surface area contributed by atoms with Gasteiger partial charge in [0, 0.05) is 22.7 Å². The normalized spacial score (nSPS) is 11.7. The molecule has 0 radical (unpaired) electrons. The van der Waals surface area contributed by atoms with Gasteiger partial charge in [0.05, 0.1) is 17.1 Å². The monoisotopic (exact) mass is 644 g/mol. The third-order valence-electron chi connectivity index (χ3n) is 8.68. The summed E-state index contributed by atoms with van der Waals surface area (Å²) in [4.78, 5) is 9.53. The molecule has 0 amide bonds. The Bertz CT molecular complexity index is 909. The van der Waals surface area contributed by atoms with Crippen molar-refractivity contribution in [2.24, 2.45) is 9.98 Å². The van der Waals surface area contributed by atoms with E-state index in [2.05, 4.69) is 24.0 Å². The van der Waals surface area contributed by atoms with Gasteiger partial charge in [-0.2, -0.15) is 0 Å². The molecule has 0 aliphatic heterocycles. The van der Waals surface area contributed by atoms with Crippen LogP contribution in [0.5, 0.6) is 0 Å². The summed E-state index contributed by atoms with van der Waals surface area (Å²) in [7, 11) is 0. The van der Waals surface area contributed by atoms with Crippen LogP contribution in [0.25, 0.3) is 0 Å². The van der Waals surface area contributed by atoms with Crippen LogP contribution in [0.2, 0.25) is 0 Å². The fraction of sp³-hybridized carbons (Fsp3) is 0.659. The van der Waals surface area contributed by atoms with Crippen molar-refractivity contribution in [3.63, 3.8) is 0 Å². The summed E-state index contributed by atoms with van der Waals surface area (Å²) < 4.78 is 0. The standard InChI is InChI=1S/C41H66N2.Ni/c1-2-3-4-5-6-7-8-9-10-11-12-13-14-15-16-17-18-19-20-21-22-23-24-25-28-37-41(43-40-35-31-27-32-36-40)38-42-39-33-29-26-30-34-39;/h26-27,29-36,38H,2-25,28,37H2,1H3;. The summed E-state index contributed by atoms with van der Waals surface area (Å²) in [6.07, 6.45) is 38.7. The Labute approximate surface area is 283 Å². The van der Waals surface area contributed by atoms with E-state index < -0.39 is 0 Å². The molecule has 3 heteroatoms. The van der Waals surface area contributed by atoms with Gasteiger partial charge >= 0.3 is 0 Å². The van der Waals surface area contributed by atoms with Crippen molar-refractivity contribution >= 4 is 23.3 Å². The van der Waals surface area contributed by atoms with Crippen molar-refractivity contribution in [1.29, 1.82) is 0 Å². The fourth-order valence-corrected chi connectivity index (χ4v) is 5.93. The maximum absolute atomic E-state index is 4.87. The quantitative estimate of drug-likeness (QED) is 0.0478. The number of benzene rings is 2. The Morgan fingerprint density at radius 3 is 1.11 bits per heavy atom. The molecule has 0 unspecified atom stereocenters. The van der Waals surface area contributed by atoms with Crippen LogP contribution in [0.1, 0.15) is 174 Å². The first-order valence-corrected chi connectivity index (χ1v) is 18.6. The summed E-state index contributed by atoms with van der Waals surface area (Å²) in [5, 5.41) is 0. The van der Waals surface area contributed by atoms with E-state index in [1.165, 1.54) is 161 Å². The van der Waals surface area contributed by atoms with E-state index in [1.54, 1.807) is 0 Å². The van der Waals surface area contributed by atoms with Crippen LogP contribution in [0.3, 0.4) is 0 Å². The SMILES string of the molecule is CCCCCCCCCCCCCCCCCCCCCCCCCCCC(C=Nc1ccccc1)=Nc1ccccc1.[Ni]. The van der Waals surface area contributed by atoms with Gasteiger partial charge in [-0.25, -0.2) is 0 Å². The molecule has 0 aromatic heterocycles. The maximum Gasteiger partial charge on any atom is 0.0633 e. The van der Waals surface area contributed by atoms with E-state index in [0.29, 0.717) is 0 Å². The molecule has 2 nitrogen and oxygen atoms in total. The van der Waals surface area contributed by atoms with E-state index >= 15 is 0 Å². The van der Waals surface area contributed by atoms with Gasteiger partial charge in [0.1, 0.15) is 0 Å². The van der Waals surface area contributed by atoms with Gasteiger partial charge in [-0.3, -0.25) is 9.98 Å². The van der Waals surface area contributed by atoms with Crippen molar-refractivity contribution < 1.29 is 16.5 Å². The number of nitrogens with zero attached hydrogens (tertiary/aromatic N) is 2. The van der Waals surface area contributed by atoms with Crippen LogP contribution < -0.4 is 0 Å². The predicted octanol–water partition coefficient (Wildman–Crippen LogP) is 14.3. The summed E-state index contributed by atoms with van der Waals surface area (Å²) in [5.74, 6) is 0. The zero-order chi connectivity index (χ0) is 30.3. The van der Waals surface area contributed by atoms with Gasteiger partial charge in [0.2, 0.25) is 0 Å². The Hall–Kier alpha value is -1.73. The Morgan fingerprint density at radius 2 is 0.750 bits per heavy atom. The molecule has 0 aliphatic rings. The summed E-state index contributed by atoms with van der Waals surface area (Å²) in [6.45, 7) is 2.30. The summed E-state index contributed by atoms with van der Waals surface area (Å²) in [6, 6.07) is 20.4. The molecule has 0 saturated carbocycles. The number of aliphatic imine (C=N–C) groups is 2. The van der Waals surface area contributed by atoms with Crippen molar-refractivity contribution in [2.75, 3.05) is 0 Å². The second-order valence-electron chi connectivity index (χ2n) is 12.8. The molecule has 0 aliphatic carbocycles. The van der Waals surface area contributed by atoms with E-state index in [-0.39, 0.29) is 16.5 Å². The number of hydrogen-bond donors (Lipinski definition) is 0. The predicted molar refractivity (Wildman–Crippen MR) is 194 cm³/mol. The van der Waals surface area contributed by atoms with Crippen LogP contribution in [0.4, 0.5) is 11.4 Å². The second-order valence-corrected chi connectivity index (χ2v) is 12.8. The molecule has 0 bridgehead atoms. The number of para-hydroxylation sites is 2. The van der Waals surface area contributed by atoms with Gasteiger partial charge in [-0.1, -0.05) is 197 Å².